The van der Waals surface area contributed by atoms with Crippen LogP contribution in [-0.2, 0) is 22.0 Å². The van der Waals surface area contributed by atoms with Gasteiger partial charge in [0.1, 0.15) is 5.82 Å². The fourth-order valence-electron chi connectivity index (χ4n) is 2.16. The van der Waals surface area contributed by atoms with Crippen molar-refractivity contribution in [1.82, 2.24) is 14.8 Å². The van der Waals surface area contributed by atoms with E-state index in [1.54, 1.807) is 4.57 Å². The zero-order valence-electron chi connectivity index (χ0n) is 12.2. The van der Waals surface area contributed by atoms with Gasteiger partial charge in [0.25, 0.3) is 14.2 Å². The first-order chi connectivity index (χ1) is 9.79. The molecule has 0 atom stereocenters. The van der Waals surface area contributed by atoms with Crippen LogP contribution in [0.4, 0.5) is 0 Å². The van der Waals surface area contributed by atoms with E-state index < -0.39 is 9.05 Å². The molecule has 2 rings (SSSR count). The van der Waals surface area contributed by atoms with Crippen LogP contribution in [0, 0.1) is 12.8 Å². The third-order valence-corrected chi connectivity index (χ3v) is 4.32. The number of rotatable bonds is 5. The van der Waals surface area contributed by atoms with Crippen molar-refractivity contribution in [3.8, 4) is 0 Å². The SMILES string of the molecule is Cc1ccccc1Cc1nnc(S(=O)(=O)Cl)n1CC(C)C. The minimum Gasteiger partial charge on any atom is -0.300 e. The van der Waals surface area contributed by atoms with Crippen LogP contribution in [0.25, 0.3) is 0 Å². The fraction of sp³-hybridized carbons (Fsp3) is 0.429. The monoisotopic (exact) mass is 327 g/mol. The molecule has 0 fully saturated rings. The molecule has 7 heteroatoms. The molecule has 0 bridgehead atoms. The molecule has 0 amide bonds. The molecule has 1 aromatic carbocycles. The van der Waals surface area contributed by atoms with Gasteiger partial charge in [-0.15, -0.1) is 10.2 Å². The minimum atomic E-state index is -3.90. The first-order valence-corrected chi connectivity index (χ1v) is 9.01. The zero-order valence-corrected chi connectivity index (χ0v) is 13.8. The van der Waals surface area contributed by atoms with Gasteiger partial charge in [-0.05, 0) is 24.0 Å². The van der Waals surface area contributed by atoms with E-state index >= 15 is 0 Å². The van der Waals surface area contributed by atoms with Gasteiger partial charge in [-0.2, -0.15) is 0 Å². The van der Waals surface area contributed by atoms with Crippen molar-refractivity contribution >= 4 is 19.7 Å². The highest BCUT2D eigenvalue weighted by Crippen LogP contribution is 2.19. The Bertz CT molecular complexity index is 738. The van der Waals surface area contributed by atoms with Crippen molar-refractivity contribution < 1.29 is 8.42 Å². The van der Waals surface area contributed by atoms with Gasteiger partial charge in [0.15, 0.2) is 0 Å². The van der Waals surface area contributed by atoms with Gasteiger partial charge in [-0.1, -0.05) is 38.1 Å². The van der Waals surface area contributed by atoms with Gasteiger partial charge >= 0.3 is 0 Å². The van der Waals surface area contributed by atoms with Crippen LogP contribution < -0.4 is 0 Å². The Morgan fingerprint density at radius 1 is 1.24 bits per heavy atom. The van der Waals surface area contributed by atoms with Crippen molar-refractivity contribution in [2.24, 2.45) is 5.92 Å². The second kappa shape index (κ2) is 6.15. The second-order valence-corrected chi connectivity index (χ2v) is 7.90. The average molecular weight is 328 g/mol. The van der Waals surface area contributed by atoms with E-state index in [1.165, 1.54) is 0 Å². The molecular formula is C14H18ClN3O2S. The van der Waals surface area contributed by atoms with Gasteiger partial charge in [-0.3, -0.25) is 0 Å². The summed E-state index contributed by atoms with van der Waals surface area (Å²) in [4.78, 5) is 0. The van der Waals surface area contributed by atoms with E-state index in [2.05, 4.69) is 10.2 Å². The number of halogens is 1. The summed E-state index contributed by atoms with van der Waals surface area (Å²) in [5, 5.41) is 7.60. The van der Waals surface area contributed by atoms with E-state index in [0.717, 1.165) is 11.1 Å². The molecule has 0 spiro atoms. The Morgan fingerprint density at radius 2 is 1.90 bits per heavy atom. The molecule has 0 saturated heterocycles. The Kier molecular flexibility index (Phi) is 4.68. The summed E-state index contributed by atoms with van der Waals surface area (Å²) in [5.41, 5.74) is 2.22. The lowest BCUT2D eigenvalue weighted by Crippen LogP contribution is -2.14. The van der Waals surface area contributed by atoms with Crippen LogP contribution in [-0.4, -0.2) is 23.2 Å². The zero-order chi connectivity index (χ0) is 15.6. The summed E-state index contributed by atoms with van der Waals surface area (Å²) >= 11 is 0. The van der Waals surface area contributed by atoms with Gasteiger partial charge in [-0.25, -0.2) is 8.42 Å². The number of nitrogens with zero attached hydrogens (tertiary/aromatic N) is 3. The van der Waals surface area contributed by atoms with E-state index in [-0.39, 0.29) is 11.1 Å². The van der Waals surface area contributed by atoms with Crippen LogP contribution in [0.5, 0.6) is 0 Å². The van der Waals surface area contributed by atoms with E-state index in [1.807, 2.05) is 45.0 Å². The second-order valence-electron chi connectivity index (χ2n) is 5.44. The Labute approximate surface area is 129 Å². The Hall–Kier alpha value is -1.40. The van der Waals surface area contributed by atoms with Crippen molar-refractivity contribution in [3.05, 3.63) is 41.2 Å². The molecule has 0 radical (unpaired) electrons. The van der Waals surface area contributed by atoms with Gasteiger partial charge < -0.3 is 4.57 Å². The van der Waals surface area contributed by atoms with Gasteiger partial charge in [0, 0.05) is 23.6 Å². The maximum absolute atomic E-state index is 11.6. The first kappa shape index (κ1) is 16.0. The number of aromatic nitrogens is 3. The van der Waals surface area contributed by atoms with E-state index in [0.29, 0.717) is 18.8 Å². The molecule has 114 valence electrons. The topological polar surface area (TPSA) is 64.8 Å². The molecule has 0 N–H and O–H groups in total. The Morgan fingerprint density at radius 3 is 2.48 bits per heavy atom. The highest BCUT2D eigenvalue weighted by atomic mass is 35.7. The average Bonchev–Trinajstić information content (AvgIpc) is 2.74. The number of aryl methyl sites for hydroxylation is 1. The highest BCUT2D eigenvalue weighted by Gasteiger charge is 2.23. The lowest BCUT2D eigenvalue weighted by molar-refractivity contribution is 0.474. The molecule has 5 nitrogen and oxygen atoms in total. The molecule has 1 heterocycles. The van der Waals surface area contributed by atoms with Crippen molar-refractivity contribution in [3.63, 3.8) is 0 Å². The molecule has 0 saturated carbocycles. The van der Waals surface area contributed by atoms with Gasteiger partial charge in [0.05, 0.1) is 0 Å². The van der Waals surface area contributed by atoms with Crippen molar-refractivity contribution in [2.45, 2.75) is 38.9 Å². The molecule has 21 heavy (non-hydrogen) atoms. The number of benzene rings is 1. The lowest BCUT2D eigenvalue weighted by Gasteiger charge is -2.12. The molecule has 2 aromatic rings. The van der Waals surface area contributed by atoms with Crippen LogP contribution in [0.2, 0.25) is 0 Å². The normalized spacial score (nSPS) is 12.0. The molecule has 1 aromatic heterocycles. The van der Waals surface area contributed by atoms with Crippen molar-refractivity contribution in [1.29, 1.82) is 0 Å². The van der Waals surface area contributed by atoms with Crippen LogP contribution in [0.3, 0.4) is 0 Å². The quantitative estimate of drug-likeness (QED) is 0.792. The molecular weight excluding hydrogens is 310 g/mol. The summed E-state index contributed by atoms with van der Waals surface area (Å²) in [7, 11) is 1.54. The smallest absolute Gasteiger partial charge is 0.296 e. The van der Waals surface area contributed by atoms with Crippen LogP contribution in [0.15, 0.2) is 29.4 Å². The third kappa shape index (κ3) is 3.83. The molecule has 0 aliphatic carbocycles. The molecule has 0 aliphatic heterocycles. The summed E-state index contributed by atoms with van der Waals surface area (Å²) < 4.78 is 24.8. The maximum atomic E-state index is 11.6. The van der Waals surface area contributed by atoms with Crippen molar-refractivity contribution in [2.75, 3.05) is 0 Å². The summed E-state index contributed by atoms with van der Waals surface area (Å²) in [6.45, 7) is 6.53. The Balaban J connectivity index is 2.45. The van der Waals surface area contributed by atoms with Crippen LogP contribution >= 0.6 is 10.7 Å². The molecule has 0 aliphatic rings. The predicted octanol–water partition coefficient (Wildman–Crippen LogP) is 2.76. The largest absolute Gasteiger partial charge is 0.300 e. The maximum Gasteiger partial charge on any atom is 0.296 e. The first-order valence-electron chi connectivity index (χ1n) is 6.70. The minimum absolute atomic E-state index is 0.179. The summed E-state index contributed by atoms with van der Waals surface area (Å²) in [6, 6.07) is 7.92. The number of hydrogen-bond donors (Lipinski definition) is 0. The molecule has 0 unspecified atom stereocenters. The standard InChI is InChI=1S/C14H18ClN3O2S/c1-10(2)9-18-13(16-17-14(18)21(15,19)20)8-12-7-5-4-6-11(12)3/h4-7,10H,8-9H2,1-3H3. The van der Waals surface area contributed by atoms with E-state index in [9.17, 15) is 8.42 Å². The van der Waals surface area contributed by atoms with Gasteiger partial charge in [0.2, 0.25) is 0 Å². The van der Waals surface area contributed by atoms with E-state index in [4.69, 9.17) is 10.7 Å². The summed E-state index contributed by atoms with van der Waals surface area (Å²) in [5.74, 6) is 0.867. The predicted molar refractivity (Wildman–Crippen MR) is 81.9 cm³/mol. The summed E-state index contributed by atoms with van der Waals surface area (Å²) in [6.07, 6.45) is 0.527. The highest BCUT2D eigenvalue weighted by molar-refractivity contribution is 8.13. The third-order valence-electron chi connectivity index (χ3n) is 3.17. The van der Waals surface area contributed by atoms with Crippen LogP contribution in [0.1, 0.15) is 30.8 Å². The lowest BCUT2D eigenvalue weighted by atomic mass is 10.1. The fourth-order valence-corrected chi connectivity index (χ4v) is 3.08. The number of hydrogen-bond acceptors (Lipinski definition) is 4.